The van der Waals surface area contributed by atoms with Gasteiger partial charge in [-0.3, -0.25) is 0 Å². The van der Waals surface area contributed by atoms with Crippen molar-refractivity contribution in [1.82, 2.24) is 0 Å². The molecule has 0 spiro atoms. The molecule has 0 atom stereocenters. The minimum Gasteiger partial charge on any atom is -0.423 e. The van der Waals surface area contributed by atoms with Crippen molar-refractivity contribution in [2.75, 3.05) is 0 Å². The molecule has 1 aromatic rings. The van der Waals surface area contributed by atoms with Crippen LogP contribution in [0.15, 0.2) is 30.8 Å². The second-order valence-corrected chi connectivity index (χ2v) is 2.52. The molecule has 12 heavy (non-hydrogen) atoms. The predicted octanol–water partition coefficient (Wildman–Crippen LogP) is -0.704. The highest BCUT2D eigenvalue weighted by Gasteiger charge is 2.09. The Bertz CT molecular complexity index is 282. The van der Waals surface area contributed by atoms with E-state index >= 15 is 0 Å². The minimum atomic E-state index is -1.43. The van der Waals surface area contributed by atoms with Crippen LogP contribution in [0.5, 0.6) is 0 Å². The summed E-state index contributed by atoms with van der Waals surface area (Å²) < 4.78 is 0. The largest absolute Gasteiger partial charge is 0.488 e. The zero-order valence-corrected chi connectivity index (χ0v) is 6.57. The van der Waals surface area contributed by atoms with Crippen LogP contribution in [0.3, 0.4) is 0 Å². The highest BCUT2D eigenvalue weighted by atomic mass is 16.4. The number of hydrogen-bond donors (Lipinski definition) is 3. The van der Waals surface area contributed by atoms with E-state index in [0.29, 0.717) is 11.2 Å². The van der Waals surface area contributed by atoms with Gasteiger partial charge in [-0.1, -0.05) is 30.8 Å². The molecule has 3 nitrogen and oxygen atoms in total. The van der Waals surface area contributed by atoms with Gasteiger partial charge in [0.1, 0.15) is 0 Å². The lowest BCUT2D eigenvalue weighted by Crippen LogP contribution is -2.29. The molecule has 0 bridgehead atoms. The zero-order valence-electron chi connectivity index (χ0n) is 6.57. The molecule has 0 aromatic heterocycles. The van der Waals surface area contributed by atoms with Crippen LogP contribution in [0.4, 0.5) is 0 Å². The molecular weight excluding hydrogens is 153 g/mol. The van der Waals surface area contributed by atoms with E-state index in [1.807, 2.05) is 0 Å². The van der Waals surface area contributed by atoms with E-state index in [1.54, 1.807) is 24.3 Å². The summed E-state index contributed by atoms with van der Waals surface area (Å²) in [6, 6.07) is 6.57. The molecule has 0 aliphatic carbocycles. The van der Waals surface area contributed by atoms with Gasteiger partial charge < -0.3 is 15.8 Å². The van der Waals surface area contributed by atoms with Gasteiger partial charge in [0.2, 0.25) is 0 Å². The molecule has 1 rings (SSSR count). The monoisotopic (exact) mass is 163 g/mol. The van der Waals surface area contributed by atoms with Crippen molar-refractivity contribution in [3.05, 3.63) is 36.4 Å². The normalized spacial score (nSPS) is 9.50. The van der Waals surface area contributed by atoms with Crippen molar-refractivity contribution < 1.29 is 10.0 Å². The Morgan fingerprint density at radius 1 is 1.25 bits per heavy atom. The highest BCUT2D eigenvalue weighted by Crippen LogP contribution is 2.03. The van der Waals surface area contributed by atoms with Crippen LogP contribution < -0.4 is 11.2 Å². The van der Waals surface area contributed by atoms with Crippen molar-refractivity contribution in [3.8, 4) is 0 Å². The van der Waals surface area contributed by atoms with E-state index in [1.165, 1.54) is 0 Å². The highest BCUT2D eigenvalue weighted by molar-refractivity contribution is 6.58. The Morgan fingerprint density at radius 2 is 1.75 bits per heavy atom. The maximum Gasteiger partial charge on any atom is 0.488 e. The molecule has 4 heteroatoms. The van der Waals surface area contributed by atoms with E-state index < -0.39 is 7.12 Å². The Hall–Kier alpha value is -1.26. The average Bonchev–Trinajstić information content (AvgIpc) is 2.04. The van der Waals surface area contributed by atoms with Gasteiger partial charge in [0.15, 0.2) is 0 Å². The zero-order chi connectivity index (χ0) is 9.14. The molecule has 0 aliphatic rings. The van der Waals surface area contributed by atoms with Crippen LogP contribution in [-0.4, -0.2) is 17.2 Å². The number of rotatable bonds is 2. The van der Waals surface area contributed by atoms with Crippen LogP contribution in [-0.2, 0) is 0 Å². The molecule has 0 saturated carbocycles. The summed E-state index contributed by atoms with van der Waals surface area (Å²) in [6.45, 7) is 3.55. The molecule has 0 radical (unpaired) electrons. The third kappa shape index (κ3) is 1.87. The van der Waals surface area contributed by atoms with Gasteiger partial charge in [0.25, 0.3) is 0 Å². The fourth-order valence-corrected chi connectivity index (χ4v) is 0.869. The van der Waals surface area contributed by atoms with Crippen LogP contribution in [0.25, 0.3) is 5.70 Å². The van der Waals surface area contributed by atoms with Gasteiger partial charge in [0.05, 0.1) is 0 Å². The van der Waals surface area contributed by atoms with Crippen molar-refractivity contribution in [2.24, 2.45) is 5.73 Å². The van der Waals surface area contributed by atoms with Crippen LogP contribution >= 0.6 is 0 Å². The van der Waals surface area contributed by atoms with Crippen LogP contribution in [0.1, 0.15) is 5.56 Å². The molecule has 0 aliphatic heterocycles. The first-order valence-electron chi connectivity index (χ1n) is 3.52. The Labute approximate surface area is 71.3 Å². The van der Waals surface area contributed by atoms with Gasteiger partial charge in [-0.15, -0.1) is 0 Å². The lowest BCUT2D eigenvalue weighted by molar-refractivity contribution is 0.426. The van der Waals surface area contributed by atoms with Crippen molar-refractivity contribution in [3.63, 3.8) is 0 Å². The van der Waals surface area contributed by atoms with Crippen molar-refractivity contribution in [1.29, 1.82) is 0 Å². The second-order valence-electron chi connectivity index (χ2n) is 2.52. The van der Waals surface area contributed by atoms with E-state index in [9.17, 15) is 0 Å². The summed E-state index contributed by atoms with van der Waals surface area (Å²) in [4.78, 5) is 0. The summed E-state index contributed by atoms with van der Waals surface area (Å²) in [5.41, 5.74) is 7.12. The number of hydrogen-bond acceptors (Lipinski definition) is 3. The predicted molar refractivity (Wildman–Crippen MR) is 49.5 cm³/mol. The summed E-state index contributed by atoms with van der Waals surface area (Å²) in [6.07, 6.45) is 0. The van der Waals surface area contributed by atoms with E-state index in [-0.39, 0.29) is 0 Å². The maximum absolute atomic E-state index is 8.76. The summed E-state index contributed by atoms with van der Waals surface area (Å²) in [5.74, 6) is 0. The van der Waals surface area contributed by atoms with Gasteiger partial charge in [-0.05, 0) is 11.0 Å². The maximum atomic E-state index is 8.76. The van der Waals surface area contributed by atoms with Gasteiger partial charge >= 0.3 is 7.12 Å². The fourth-order valence-electron chi connectivity index (χ4n) is 0.869. The summed E-state index contributed by atoms with van der Waals surface area (Å²) >= 11 is 0. The summed E-state index contributed by atoms with van der Waals surface area (Å²) in [5, 5.41) is 17.5. The standard InChI is InChI=1S/C8H10BNO2/c1-6(10)7-2-4-8(5-3-7)9(11)12/h2-5,11-12H,1,10H2. The first-order chi connectivity index (χ1) is 5.61. The lowest BCUT2D eigenvalue weighted by atomic mass is 9.80. The average molecular weight is 163 g/mol. The van der Waals surface area contributed by atoms with E-state index in [4.69, 9.17) is 15.8 Å². The molecule has 0 unspecified atom stereocenters. The third-order valence-electron chi connectivity index (χ3n) is 1.58. The molecule has 0 fully saturated rings. The smallest absolute Gasteiger partial charge is 0.423 e. The number of nitrogens with two attached hydrogens (primary N) is 1. The second kappa shape index (κ2) is 3.43. The molecular formula is C8H10BNO2. The van der Waals surface area contributed by atoms with Crippen molar-refractivity contribution >= 4 is 18.3 Å². The SMILES string of the molecule is C=C(N)c1ccc(B(O)O)cc1. The van der Waals surface area contributed by atoms with E-state index in [0.717, 1.165) is 5.56 Å². The minimum absolute atomic E-state index is 0.444. The first kappa shape index (κ1) is 8.84. The molecule has 0 amide bonds. The Morgan fingerprint density at radius 3 is 2.08 bits per heavy atom. The van der Waals surface area contributed by atoms with Gasteiger partial charge in [0, 0.05) is 5.70 Å². The van der Waals surface area contributed by atoms with Gasteiger partial charge in [-0.25, -0.2) is 0 Å². The Balaban J connectivity index is 2.93. The lowest BCUT2D eigenvalue weighted by Gasteiger charge is -2.01. The van der Waals surface area contributed by atoms with E-state index in [2.05, 4.69) is 6.58 Å². The topological polar surface area (TPSA) is 66.5 Å². The molecule has 62 valence electrons. The summed E-state index contributed by atoms with van der Waals surface area (Å²) in [7, 11) is -1.43. The molecule has 4 N–H and O–H groups in total. The first-order valence-corrected chi connectivity index (χ1v) is 3.52. The van der Waals surface area contributed by atoms with Crippen LogP contribution in [0, 0.1) is 0 Å². The molecule has 0 saturated heterocycles. The molecule has 1 aromatic carbocycles. The molecule has 0 heterocycles. The number of benzene rings is 1. The fraction of sp³-hybridized carbons (Fsp3) is 0. The van der Waals surface area contributed by atoms with Crippen LogP contribution in [0.2, 0.25) is 0 Å². The Kier molecular flexibility index (Phi) is 2.52. The van der Waals surface area contributed by atoms with Gasteiger partial charge in [-0.2, -0.15) is 0 Å². The quantitative estimate of drug-likeness (QED) is 0.504. The third-order valence-corrected chi connectivity index (χ3v) is 1.58. The van der Waals surface area contributed by atoms with Crippen molar-refractivity contribution in [2.45, 2.75) is 0 Å².